The summed E-state index contributed by atoms with van der Waals surface area (Å²) >= 11 is 0. The van der Waals surface area contributed by atoms with E-state index in [1.54, 1.807) is 24.4 Å². The Hall–Kier alpha value is -2.89. The minimum Gasteiger partial charge on any atom is -0.472 e. The van der Waals surface area contributed by atoms with Crippen molar-refractivity contribution < 1.29 is 13.7 Å². The molecule has 94 valence electrons. The maximum Gasteiger partial charge on any atom is 0.261 e. The van der Waals surface area contributed by atoms with Crippen molar-refractivity contribution in [2.75, 3.05) is 5.32 Å². The van der Waals surface area contributed by atoms with Crippen LogP contribution < -0.4 is 5.32 Å². The topological polar surface area (TPSA) is 81.2 Å². The molecule has 0 spiro atoms. The van der Waals surface area contributed by atoms with Gasteiger partial charge >= 0.3 is 0 Å². The predicted octanol–water partition coefficient (Wildman–Crippen LogP) is 2.58. The number of aromatic nitrogens is 2. The van der Waals surface area contributed by atoms with Crippen LogP contribution >= 0.6 is 0 Å². The highest BCUT2D eigenvalue weighted by molar-refractivity contribution is 6.03. The molecule has 0 radical (unpaired) electrons. The number of nitrogens with one attached hydrogen (secondary N) is 1. The van der Waals surface area contributed by atoms with Crippen LogP contribution in [0.1, 0.15) is 10.4 Å². The molecule has 0 aliphatic heterocycles. The number of hydrogen-bond acceptors (Lipinski definition) is 5. The van der Waals surface area contributed by atoms with Gasteiger partial charge in [0, 0.05) is 12.3 Å². The van der Waals surface area contributed by atoms with E-state index in [1.807, 2.05) is 12.1 Å². The number of nitrogens with zero attached hydrogens (tertiary/aromatic N) is 2. The molecule has 0 bridgehead atoms. The summed E-state index contributed by atoms with van der Waals surface area (Å²) in [6, 6.07) is 8.64. The summed E-state index contributed by atoms with van der Waals surface area (Å²) < 4.78 is 9.87. The lowest BCUT2D eigenvalue weighted by Gasteiger charge is -1.95. The lowest BCUT2D eigenvalue weighted by Crippen LogP contribution is -2.09. The third-order valence-corrected chi connectivity index (χ3v) is 2.46. The molecule has 0 unspecified atom stereocenters. The number of hydrogen-bond donors (Lipinski definition) is 1. The van der Waals surface area contributed by atoms with Gasteiger partial charge in [-0.2, -0.15) is 0 Å². The van der Waals surface area contributed by atoms with Crippen LogP contribution in [-0.4, -0.2) is 16.0 Å². The van der Waals surface area contributed by atoms with E-state index in [1.165, 1.54) is 12.5 Å². The molecule has 0 saturated heterocycles. The van der Waals surface area contributed by atoms with Gasteiger partial charge in [-0.05, 0) is 18.2 Å². The molecule has 3 aromatic rings. The van der Waals surface area contributed by atoms with Crippen molar-refractivity contribution in [1.29, 1.82) is 0 Å². The lowest BCUT2D eigenvalue weighted by molar-refractivity contribution is 0.102. The van der Waals surface area contributed by atoms with Crippen LogP contribution in [0.15, 0.2) is 58.0 Å². The number of carbonyl (C=O) groups excluding carboxylic acids is 1. The van der Waals surface area contributed by atoms with E-state index in [-0.39, 0.29) is 11.8 Å². The van der Waals surface area contributed by atoms with E-state index in [0.29, 0.717) is 17.0 Å². The first-order chi connectivity index (χ1) is 9.33. The van der Waals surface area contributed by atoms with Gasteiger partial charge in [0.1, 0.15) is 12.0 Å². The molecule has 1 amide bonds. The Bertz CT molecular complexity index is 674. The fourth-order valence-corrected chi connectivity index (χ4v) is 1.55. The zero-order valence-electron chi connectivity index (χ0n) is 9.74. The molecule has 19 heavy (non-hydrogen) atoms. The second kappa shape index (κ2) is 4.77. The van der Waals surface area contributed by atoms with Gasteiger partial charge in [0.2, 0.25) is 5.88 Å². The molecular weight excluding hydrogens is 246 g/mol. The van der Waals surface area contributed by atoms with Crippen LogP contribution in [0.4, 0.5) is 5.88 Å². The second-order valence-electron chi connectivity index (χ2n) is 3.76. The monoisotopic (exact) mass is 255 g/mol. The van der Waals surface area contributed by atoms with Crippen molar-refractivity contribution in [2.45, 2.75) is 0 Å². The number of anilines is 1. The molecule has 1 N–H and O–H groups in total. The highest BCUT2D eigenvalue weighted by Gasteiger charge is 2.12. The van der Waals surface area contributed by atoms with E-state index in [9.17, 15) is 4.79 Å². The van der Waals surface area contributed by atoms with Crippen molar-refractivity contribution in [3.8, 4) is 11.4 Å². The summed E-state index contributed by atoms with van der Waals surface area (Å²) in [7, 11) is 0. The van der Waals surface area contributed by atoms with Crippen molar-refractivity contribution >= 4 is 11.8 Å². The molecule has 3 heterocycles. The van der Waals surface area contributed by atoms with Gasteiger partial charge in [-0.3, -0.25) is 15.1 Å². The fourth-order valence-electron chi connectivity index (χ4n) is 1.55. The molecule has 0 atom stereocenters. The summed E-state index contributed by atoms with van der Waals surface area (Å²) in [6.45, 7) is 0. The average Bonchev–Trinajstić information content (AvgIpc) is 3.11. The van der Waals surface area contributed by atoms with Crippen molar-refractivity contribution in [3.05, 3.63) is 54.6 Å². The average molecular weight is 255 g/mol. The van der Waals surface area contributed by atoms with Gasteiger partial charge in [0.15, 0.2) is 0 Å². The smallest absolute Gasteiger partial charge is 0.261 e. The Kier molecular flexibility index (Phi) is 2.82. The molecule has 6 nitrogen and oxygen atoms in total. The number of carbonyl (C=O) groups is 1. The maximum atomic E-state index is 11.7. The lowest BCUT2D eigenvalue weighted by atomic mass is 10.3. The zero-order chi connectivity index (χ0) is 13.1. The van der Waals surface area contributed by atoms with Gasteiger partial charge in [0.25, 0.3) is 5.91 Å². The van der Waals surface area contributed by atoms with Crippen molar-refractivity contribution in [1.82, 2.24) is 10.1 Å². The Labute approximate surface area is 108 Å². The minimum absolute atomic E-state index is 0.256. The number of pyridine rings is 1. The Morgan fingerprint density at radius 1 is 1.21 bits per heavy atom. The molecule has 3 rings (SSSR count). The van der Waals surface area contributed by atoms with Crippen LogP contribution in [0, 0.1) is 0 Å². The minimum atomic E-state index is -0.322. The van der Waals surface area contributed by atoms with Crippen LogP contribution in [-0.2, 0) is 0 Å². The molecule has 3 aromatic heterocycles. The van der Waals surface area contributed by atoms with Gasteiger partial charge in [-0.15, -0.1) is 0 Å². The quantitative estimate of drug-likeness (QED) is 0.777. The Morgan fingerprint density at radius 3 is 2.89 bits per heavy atom. The summed E-state index contributed by atoms with van der Waals surface area (Å²) in [4.78, 5) is 15.9. The molecule has 0 aromatic carbocycles. The fraction of sp³-hybridized carbons (Fsp3) is 0. The van der Waals surface area contributed by atoms with Crippen LogP contribution in [0.3, 0.4) is 0 Å². The third kappa shape index (κ3) is 2.37. The zero-order valence-corrected chi connectivity index (χ0v) is 9.74. The van der Waals surface area contributed by atoms with E-state index >= 15 is 0 Å². The van der Waals surface area contributed by atoms with E-state index in [0.717, 1.165) is 0 Å². The second-order valence-corrected chi connectivity index (χ2v) is 3.76. The van der Waals surface area contributed by atoms with Crippen LogP contribution in [0.25, 0.3) is 11.4 Å². The van der Waals surface area contributed by atoms with E-state index < -0.39 is 0 Å². The first-order valence-corrected chi connectivity index (χ1v) is 5.54. The van der Waals surface area contributed by atoms with Crippen LogP contribution in [0.2, 0.25) is 0 Å². The van der Waals surface area contributed by atoms with Gasteiger partial charge in [-0.25, -0.2) is 0 Å². The summed E-state index contributed by atoms with van der Waals surface area (Å²) in [5.74, 6) is -0.0654. The number of amides is 1. The van der Waals surface area contributed by atoms with Gasteiger partial charge in [0.05, 0.1) is 17.5 Å². The van der Waals surface area contributed by atoms with Crippen LogP contribution in [0.5, 0.6) is 0 Å². The van der Waals surface area contributed by atoms with Gasteiger partial charge < -0.3 is 8.94 Å². The number of furan rings is 1. The Balaban J connectivity index is 1.77. The number of rotatable bonds is 3. The largest absolute Gasteiger partial charge is 0.472 e. The first kappa shape index (κ1) is 11.2. The molecular formula is C13H9N3O3. The normalized spacial score (nSPS) is 10.3. The maximum absolute atomic E-state index is 11.7. The summed E-state index contributed by atoms with van der Waals surface area (Å²) in [6.07, 6.45) is 4.44. The standard InChI is InChI=1S/C13H9N3O3/c17-13(9-4-6-18-8-9)15-12-7-11(16-19-12)10-3-1-2-5-14-10/h1-8H,(H,15,17). The van der Waals surface area contributed by atoms with Crippen molar-refractivity contribution in [3.63, 3.8) is 0 Å². The molecule has 6 heteroatoms. The molecule has 0 fully saturated rings. The van der Waals surface area contributed by atoms with E-state index in [2.05, 4.69) is 15.5 Å². The Morgan fingerprint density at radius 2 is 2.16 bits per heavy atom. The highest BCUT2D eigenvalue weighted by atomic mass is 16.5. The SMILES string of the molecule is O=C(Nc1cc(-c2ccccn2)no1)c1ccoc1. The predicted molar refractivity (Wildman–Crippen MR) is 66.4 cm³/mol. The molecule has 0 aliphatic rings. The first-order valence-electron chi connectivity index (χ1n) is 5.54. The van der Waals surface area contributed by atoms with Crippen molar-refractivity contribution in [2.24, 2.45) is 0 Å². The summed E-state index contributed by atoms with van der Waals surface area (Å²) in [5.41, 5.74) is 1.65. The third-order valence-electron chi connectivity index (χ3n) is 2.46. The van der Waals surface area contributed by atoms with E-state index in [4.69, 9.17) is 8.94 Å². The molecule has 0 saturated carbocycles. The highest BCUT2D eigenvalue weighted by Crippen LogP contribution is 2.19. The van der Waals surface area contributed by atoms with Gasteiger partial charge in [-0.1, -0.05) is 11.2 Å². The summed E-state index contributed by atoms with van der Waals surface area (Å²) in [5, 5.41) is 6.42. The molecule has 0 aliphatic carbocycles.